The van der Waals surface area contributed by atoms with E-state index in [1.807, 2.05) is 0 Å². The third kappa shape index (κ3) is 4.79. The van der Waals surface area contributed by atoms with Gasteiger partial charge in [-0.15, -0.1) is 0 Å². The normalized spacial score (nSPS) is 11.5. The van der Waals surface area contributed by atoms with Crippen LogP contribution in [0.5, 0.6) is 0 Å². The molecule has 0 aliphatic heterocycles. The Morgan fingerprint density at radius 3 is 2.59 bits per heavy atom. The van der Waals surface area contributed by atoms with E-state index >= 15 is 0 Å². The monoisotopic (exact) mass is 393 g/mol. The lowest BCUT2D eigenvalue weighted by Crippen LogP contribution is -2.23. The van der Waals surface area contributed by atoms with E-state index in [0.717, 1.165) is 17.9 Å². The Labute approximate surface area is 154 Å². The molecule has 0 unspecified atom stereocenters. The highest BCUT2D eigenvalue weighted by Gasteiger charge is 2.19. The molecule has 2 heterocycles. The van der Waals surface area contributed by atoms with E-state index in [-0.39, 0.29) is 35.3 Å². The molecule has 3 aromatic rings. The van der Waals surface area contributed by atoms with Crippen LogP contribution in [0, 0.1) is 12.7 Å². The van der Waals surface area contributed by atoms with Crippen molar-refractivity contribution in [2.45, 2.75) is 24.8 Å². The van der Waals surface area contributed by atoms with Gasteiger partial charge < -0.3 is 14.3 Å². The van der Waals surface area contributed by atoms with Gasteiger partial charge >= 0.3 is 11.8 Å². The number of benzene rings is 1. The second-order valence-electron chi connectivity index (χ2n) is 5.73. The van der Waals surface area contributed by atoms with Crippen molar-refractivity contribution in [2.75, 3.05) is 5.75 Å². The van der Waals surface area contributed by atoms with Crippen molar-refractivity contribution in [1.82, 2.24) is 15.5 Å². The predicted octanol–water partition coefficient (Wildman–Crippen LogP) is 2.06. The maximum absolute atomic E-state index is 12.9. The molecule has 0 saturated carbocycles. The minimum atomic E-state index is -3.63. The van der Waals surface area contributed by atoms with Crippen LogP contribution in [0.4, 0.5) is 4.39 Å². The number of nitrogens with one attached hydrogen (secondary N) is 1. The number of amides is 1. The van der Waals surface area contributed by atoms with Crippen LogP contribution in [0.3, 0.4) is 0 Å². The fraction of sp³-hybridized carbons (Fsp3) is 0.235. The fourth-order valence-electron chi connectivity index (χ4n) is 2.26. The second-order valence-corrected chi connectivity index (χ2v) is 7.84. The number of carbonyl (C=O) groups is 1. The number of aromatic nitrogens is 2. The minimum Gasteiger partial charge on any atom is -0.465 e. The largest absolute Gasteiger partial charge is 0.465 e. The van der Waals surface area contributed by atoms with Gasteiger partial charge in [-0.3, -0.25) is 4.79 Å². The summed E-state index contributed by atoms with van der Waals surface area (Å²) in [6, 6.07) is 8.03. The van der Waals surface area contributed by atoms with Gasteiger partial charge in [-0.05, 0) is 43.3 Å². The molecule has 0 bridgehead atoms. The van der Waals surface area contributed by atoms with Crippen LogP contribution in [0.1, 0.15) is 28.0 Å². The molecule has 27 heavy (non-hydrogen) atoms. The van der Waals surface area contributed by atoms with E-state index in [2.05, 4.69) is 15.5 Å². The Bertz CT molecular complexity index is 1040. The summed E-state index contributed by atoms with van der Waals surface area (Å²) >= 11 is 0. The lowest BCUT2D eigenvalue weighted by Gasteiger charge is -2.02. The number of hydrogen-bond donors (Lipinski definition) is 1. The first-order valence-electron chi connectivity index (χ1n) is 7.98. The van der Waals surface area contributed by atoms with Gasteiger partial charge in [0.25, 0.3) is 0 Å². The van der Waals surface area contributed by atoms with Gasteiger partial charge in [-0.25, -0.2) is 12.8 Å². The molecule has 1 amide bonds. The summed E-state index contributed by atoms with van der Waals surface area (Å²) in [6.07, 6.45) is -0.0477. The highest BCUT2D eigenvalue weighted by molar-refractivity contribution is 7.91. The Balaban J connectivity index is 1.57. The number of aryl methyl sites for hydroxylation is 2. The van der Waals surface area contributed by atoms with Gasteiger partial charge in [0, 0.05) is 6.42 Å². The molecule has 0 saturated heterocycles. The molecule has 0 aliphatic carbocycles. The van der Waals surface area contributed by atoms with E-state index in [0.29, 0.717) is 5.76 Å². The summed E-state index contributed by atoms with van der Waals surface area (Å²) < 4.78 is 47.5. The van der Waals surface area contributed by atoms with Gasteiger partial charge in [-0.2, -0.15) is 4.98 Å². The van der Waals surface area contributed by atoms with Crippen LogP contribution in [-0.4, -0.2) is 30.2 Å². The predicted molar refractivity (Wildman–Crippen MR) is 91.1 cm³/mol. The van der Waals surface area contributed by atoms with Crippen molar-refractivity contribution in [3.63, 3.8) is 0 Å². The SMILES string of the molecule is Cc1ccc(CNC(=O)c2nc(CCS(=O)(=O)c3ccc(F)cc3)no2)o1. The highest BCUT2D eigenvalue weighted by atomic mass is 32.2. The lowest BCUT2D eigenvalue weighted by atomic mass is 10.4. The molecule has 2 aromatic heterocycles. The molecule has 1 aromatic carbocycles. The molecular formula is C17H16FN3O5S. The second kappa shape index (κ2) is 7.70. The zero-order chi connectivity index (χ0) is 19.4. The van der Waals surface area contributed by atoms with Crippen LogP contribution in [-0.2, 0) is 22.8 Å². The van der Waals surface area contributed by atoms with Crippen molar-refractivity contribution >= 4 is 15.7 Å². The quantitative estimate of drug-likeness (QED) is 0.611. The van der Waals surface area contributed by atoms with Crippen LogP contribution >= 0.6 is 0 Å². The number of halogens is 1. The van der Waals surface area contributed by atoms with Crippen LogP contribution in [0.15, 0.2) is 50.2 Å². The lowest BCUT2D eigenvalue weighted by molar-refractivity contribution is 0.0904. The van der Waals surface area contributed by atoms with E-state index < -0.39 is 21.6 Å². The first-order valence-corrected chi connectivity index (χ1v) is 9.63. The zero-order valence-electron chi connectivity index (χ0n) is 14.3. The minimum absolute atomic E-state index is 0.000831. The van der Waals surface area contributed by atoms with E-state index in [1.165, 1.54) is 12.1 Å². The topological polar surface area (TPSA) is 115 Å². The van der Waals surface area contributed by atoms with Gasteiger partial charge in [0.15, 0.2) is 15.7 Å². The van der Waals surface area contributed by atoms with E-state index in [1.54, 1.807) is 19.1 Å². The number of carbonyl (C=O) groups excluding carboxylic acids is 1. The summed E-state index contributed by atoms with van der Waals surface area (Å²) in [5.41, 5.74) is 0. The first-order chi connectivity index (χ1) is 12.8. The average Bonchev–Trinajstić information content (AvgIpc) is 3.27. The molecule has 0 atom stereocenters. The Hall–Kier alpha value is -3.01. The maximum Gasteiger partial charge on any atom is 0.315 e. The van der Waals surface area contributed by atoms with Crippen LogP contribution in [0.25, 0.3) is 0 Å². The molecule has 3 rings (SSSR count). The summed E-state index contributed by atoms with van der Waals surface area (Å²) in [5, 5.41) is 6.18. The first kappa shape index (κ1) is 18.8. The summed E-state index contributed by atoms with van der Waals surface area (Å²) in [7, 11) is -3.63. The van der Waals surface area contributed by atoms with E-state index in [9.17, 15) is 17.6 Å². The Morgan fingerprint density at radius 1 is 1.19 bits per heavy atom. The van der Waals surface area contributed by atoms with Gasteiger partial charge in [0.2, 0.25) is 0 Å². The Morgan fingerprint density at radius 2 is 1.93 bits per heavy atom. The molecule has 142 valence electrons. The fourth-order valence-corrected chi connectivity index (χ4v) is 3.49. The number of furan rings is 1. The standard InChI is InChI=1S/C17H16FN3O5S/c1-11-2-5-13(25-11)10-19-16(22)17-20-15(21-26-17)8-9-27(23,24)14-6-3-12(18)4-7-14/h2-7H,8-10H2,1H3,(H,19,22). The molecule has 8 nitrogen and oxygen atoms in total. The van der Waals surface area contributed by atoms with Crippen molar-refractivity contribution in [1.29, 1.82) is 0 Å². The molecule has 0 fully saturated rings. The highest BCUT2D eigenvalue weighted by Crippen LogP contribution is 2.13. The Kier molecular flexibility index (Phi) is 5.36. The molecule has 1 N–H and O–H groups in total. The maximum atomic E-state index is 12.9. The summed E-state index contributed by atoms with van der Waals surface area (Å²) in [5.74, 6) is -0.304. The van der Waals surface area contributed by atoms with Crippen molar-refractivity contribution in [3.05, 3.63) is 65.5 Å². The smallest absolute Gasteiger partial charge is 0.315 e. The molecule has 0 radical (unpaired) electrons. The van der Waals surface area contributed by atoms with E-state index in [4.69, 9.17) is 8.94 Å². The number of rotatable bonds is 7. The van der Waals surface area contributed by atoms with Crippen LogP contribution < -0.4 is 5.32 Å². The van der Waals surface area contributed by atoms with Crippen LogP contribution in [0.2, 0.25) is 0 Å². The van der Waals surface area contributed by atoms with Crippen molar-refractivity contribution in [3.8, 4) is 0 Å². The average molecular weight is 393 g/mol. The van der Waals surface area contributed by atoms with Gasteiger partial charge in [-0.1, -0.05) is 5.16 Å². The third-order valence-electron chi connectivity index (χ3n) is 3.65. The number of nitrogens with zero attached hydrogens (tertiary/aromatic N) is 2. The van der Waals surface area contributed by atoms with Gasteiger partial charge in [0.1, 0.15) is 17.3 Å². The summed E-state index contributed by atoms with van der Waals surface area (Å²) in [4.78, 5) is 15.9. The zero-order valence-corrected chi connectivity index (χ0v) is 15.1. The molecular weight excluding hydrogens is 377 g/mol. The van der Waals surface area contributed by atoms with Crippen molar-refractivity contribution < 1.29 is 26.5 Å². The van der Waals surface area contributed by atoms with Gasteiger partial charge in [0.05, 0.1) is 17.2 Å². The number of hydrogen-bond acceptors (Lipinski definition) is 7. The molecule has 0 aliphatic rings. The third-order valence-corrected chi connectivity index (χ3v) is 5.38. The number of sulfone groups is 1. The summed E-state index contributed by atoms with van der Waals surface area (Å²) in [6.45, 7) is 1.94. The van der Waals surface area contributed by atoms with Crippen molar-refractivity contribution in [2.24, 2.45) is 0 Å². The molecule has 10 heteroatoms. The molecule has 0 spiro atoms.